The number of hydrogen-bond acceptors (Lipinski definition) is 8. The van der Waals surface area contributed by atoms with E-state index in [1.807, 2.05) is 14.1 Å². The van der Waals surface area contributed by atoms with Crippen molar-refractivity contribution in [1.29, 1.82) is 0 Å². The van der Waals surface area contributed by atoms with Crippen LogP contribution >= 0.6 is 11.6 Å². The fourth-order valence-electron chi connectivity index (χ4n) is 5.25. The van der Waals surface area contributed by atoms with E-state index in [0.29, 0.717) is 50.5 Å². The Bertz CT molecular complexity index is 1030. The maximum atomic E-state index is 15.0. The first kappa shape index (κ1) is 22.9. The summed E-state index contributed by atoms with van der Waals surface area (Å²) in [5, 5.41) is 0.217. The fourth-order valence-corrected chi connectivity index (χ4v) is 5.39. The van der Waals surface area contributed by atoms with Gasteiger partial charge in [-0.3, -0.25) is 4.90 Å². The topological polar surface area (TPSA) is 66.8 Å². The number of pyridine rings is 1. The minimum absolute atomic E-state index is 0.0637. The highest BCUT2D eigenvalue weighted by Gasteiger charge is 2.49. The van der Waals surface area contributed by atoms with Crippen LogP contribution < -0.4 is 9.64 Å². The minimum Gasteiger partial charge on any atom is -0.461 e. The Hall–Kier alpha value is -1.88. The molecule has 2 aromatic heterocycles. The number of nitrogens with zero attached hydrogens (tertiary/aromatic N) is 6. The average molecular weight is 483 g/mol. The van der Waals surface area contributed by atoms with Crippen molar-refractivity contribution in [2.75, 3.05) is 65.0 Å². The smallest absolute Gasteiger partial charge is 0.319 e. The molecule has 11 heteroatoms. The summed E-state index contributed by atoms with van der Waals surface area (Å²) in [6.07, 6.45) is 2.95. The van der Waals surface area contributed by atoms with Crippen LogP contribution in [0.25, 0.3) is 10.9 Å². The standard InChI is InChI=1S/C22H29ClF2N6O2/c1-29(2)15-11-30(6-7-32-12-15)20-16-9-26-19(23)17(25)18(16)27-21(28-20)33-13-22-4-3-5-31(22)10-14(24)8-22/h9,14-15H,3-8,10-13H2,1-2H3/t14-,15?,22?/m1/s1. The number of rotatable bonds is 5. The average Bonchev–Trinajstić information content (AvgIpc) is 3.18. The van der Waals surface area contributed by atoms with Crippen LogP contribution in [0.2, 0.25) is 5.15 Å². The molecule has 0 radical (unpaired) electrons. The number of likely N-dealkylation sites (N-methyl/N-ethyl adjacent to an activating group) is 1. The van der Waals surface area contributed by atoms with Crippen molar-refractivity contribution >= 4 is 28.3 Å². The van der Waals surface area contributed by atoms with Crippen LogP contribution in [-0.2, 0) is 4.74 Å². The van der Waals surface area contributed by atoms with E-state index in [0.717, 1.165) is 19.4 Å². The summed E-state index contributed by atoms with van der Waals surface area (Å²) in [7, 11) is 4.00. The molecule has 3 fully saturated rings. The monoisotopic (exact) mass is 482 g/mol. The van der Waals surface area contributed by atoms with Gasteiger partial charge in [-0.15, -0.1) is 0 Å². The zero-order valence-electron chi connectivity index (χ0n) is 18.9. The number of fused-ring (bicyclic) bond motifs is 2. The summed E-state index contributed by atoms with van der Waals surface area (Å²) < 4.78 is 40.9. The molecular weight excluding hydrogens is 454 g/mol. The zero-order chi connectivity index (χ0) is 23.2. The summed E-state index contributed by atoms with van der Waals surface area (Å²) in [5.74, 6) is -0.172. The molecule has 5 heterocycles. The lowest BCUT2D eigenvalue weighted by molar-refractivity contribution is 0.103. The number of halogens is 3. The molecule has 2 unspecified atom stereocenters. The van der Waals surface area contributed by atoms with Gasteiger partial charge in [-0.05, 0) is 33.5 Å². The van der Waals surface area contributed by atoms with Gasteiger partial charge in [0.25, 0.3) is 0 Å². The van der Waals surface area contributed by atoms with E-state index in [4.69, 9.17) is 21.1 Å². The van der Waals surface area contributed by atoms with Gasteiger partial charge in [0.15, 0.2) is 11.0 Å². The molecule has 3 aliphatic heterocycles. The van der Waals surface area contributed by atoms with Crippen LogP contribution in [0.15, 0.2) is 6.20 Å². The highest BCUT2D eigenvalue weighted by molar-refractivity contribution is 6.30. The lowest BCUT2D eigenvalue weighted by atomic mass is 9.95. The highest BCUT2D eigenvalue weighted by atomic mass is 35.5. The third-order valence-electron chi connectivity index (χ3n) is 7.11. The van der Waals surface area contributed by atoms with E-state index in [1.165, 1.54) is 6.20 Å². The van der Waals surface area contributed by atoms with Gasteiger partial charge in [-0.1, -0.05) is 11.6 Å². The molecule has 180 valence electrons. The summed E-state index contributed by atoms with van der Waals surface area (Å²) in [6.45, 7) is 3.90. The Morgan fingerprint density at radius 3 is 2.97 bits per heavy atom. The number of alkyl halides is 1. The first-order valence-electron chi connectivity index (χ1n) is 11.4. The molecule has 0 aromatic carbocycles. The molecule has 0 saturated carbocycles. The minimum atomic E-state index is -0.857. The van der Waals surface area contributed by atoms with Crippen LogP contribution in [0.1, 0.15) is 19.3 Å². The van der Waals surface area contributed by atoms with Gasteiger partial charge in [-0.2, -0.15) is 9.97 Å². The van der Waals surface area contributed by atoms with Crippen LogP contribution in [-0.4, -0.2) is 103 Å². The van der Waals surface area contributed by atoms with E-state index in [9.17, 15) is 8.78 Å². The molecule has 0 aliphatic carbocycles. The highest BCUT2D eigenvalue weighted by Crippen LogP contribution is 2.40. The van der Waals surface area contributed by atoms with Crippen LogP contribution in [0, 0.1) is 5.82 Å². The second-order valence-corrected chi connectivity index (χ2v) is 9.82. The Morgan fingerprint density at radius 1 is 1.30 bits per heavy atom. The molecule has 5 rings (SSSR count). The lowest BCUT2D eigenvalue weighted by Gasteiger charge is -2.31. The molecule has 8 nitrogen and oxygen atoms in total. The zero-order valence-corrected chi connectivity index (χ0v) is 19.7. The van der Waals surface area contributed by atoms with Gasteiger partial charge in [0.1, 0.15) is 24.1 Å². The van der Waals surface area contributed by atoms with Gasteiger partial charge in [0, 0.05) is 32.3 Å². The Kier molecular flexibility index (Phi) is 6.28. The van der Waals surface area contributed by atoms with E-state index < -0.39 is 12.0 Å². The molecule has 0 bridgehead atoms. The molecule has 33 heavy (non-hydrogen) atoms. The molecule has 0 amide bonds. The maximum absolute atomic E-state index is 15.0. The fraction of sp³-hybridized carbons (Fsp3) is 0.682. The Balaban J connectivity index is 1.50. The van der Waals surface area contributed by atoms with Crippen molar-refractivity contribution in [3.8, 4) is 6.01 Å². The van der Waals surface area contributed by atoms with Crippen molar-refractivity contribution in [2.45, 2.75) is 37.0 Å². The Labute approximate surface area is 196 Å². The summed E-state index contributed by atoms with van der Waals surface area (Å²) in [4.78, 5) is 19.3. The number of anilines is 1. The van der Waals surface area contributed by atoms with Crippen molar-refractivity contribution < 1.29 is 18.3 Å². The van der Waals surface area contributed by atoms with Crippen LogP contribution in [0.5, 0.6) is 6.01 Å². The summed E-state index contributed by atoms with van der Waals surface area (Å²) >= 11 is 5.96. The lowest BCUT2D eigenvalue weighted by Crippen LogP contribution is -2.43. The predicted molar refractivity (Wildman–Crippen MR) is 121 cm³/mol. The molecule has 0 spiro atoms. The van der Waals surface area contributed by atoms with E-state index >= 15 is 0 Å². The normalized spacial score (nSPS) is 28.5. The quantitative estimate of drug-likeness (QED) is 0.602. The second kappa shape index (κ2) is 9.05. The van der Waals surface area contributed by atoms with Crippen molar-refractivity contribution in [3.05, 3.63) is 17.2 Å². The summed E-state index contributed by atoms with van der Waals surface area (Å²) in [6, 6.07) is 0.201. The molecule has 2 aromatic rings. The third kappa shape index (κ3) is 4.34. The SMILES string of the molecule is CN(C)C1COCCN(c2nc(OCC34CCCN3C[C@H](F)C4)nc3c(F)c(Cl)ncc23)C1. The first-order chi connectivity index (χ1) is 15.9. The maximum Gasteiger partial charge on any atom is 0.319 e. The van der Waals surface area contributed by atoms with E-state index in [1.54, 1.807) is 0 Å². The van der Waals surface area contributed by atoms with E-state index in [2.05, 4.69) is 29.7 Å². The van der Waals surface area contributed by atoms with E-state index in [-0.39, 0.29) is 34.9 Å². The molecule has 3 atom stereocenters. The van der Waals surface area contributed by atoms with Gasteiger partial charge in [0.2, 0.25) is 0 Å². The van der Waals surface area contributed by atoms with Crippen molar-refractivity contribution in [2.24, 2.45) is 0 Å². The molecule has 0 N–H and O–H groups in total. The summed E-state index contributed by atoms with van der Waals surface area (Å²) in [5.41, 5.74) is -0.282. The van der Waals surface area contributed by atoms with Gasteiger partial charge in [-0.25, -0.2) is 13.8 Å². The number of hydrogen-bond donors (Lipinski definition) is 0. The van der Waals surface area contributed by atoms with Gasteiger partial charge >= 0.3 is 6.01 Å². The van der Waals surface area contributed by atoms with Crippen LogP contribution in [0.3, 0.4) is 0 Å². The molecule has 3 saturated heterocycles. The molecular formula is C22H29ClF2N6O2. The predicted octanol–water partition coefficient (Wildman–Crippen LogP) is 2.54. The molecule has 3 aliphatic rings. The third-order valence-corrected chi connectivity index (χ3v) is 7.37. The first-order valence-corrected chi connectivity index (χ1v) is 11.8. The van der Waals surface area contributed by atoms with Crippen molar-refractivity contribution in [1.82, 2.24) is 24.8 Å². The number of aromatic nitrogens is 3. The second-order valence-electron chi connectivity index (χ2n) is 9.46. The van der Waals surface area contributed by atoms with Crippen LogP contribution in [0.4, 0.5) is 14.6 Å². The number of ether oxygens (including phenoxy) is 2. The van der Waals surface area contributed by atoms with Crippen molar-refractivity contribution in [3.63, 3.8) is 0 Å². The largest absolute Gasteiger partial charge is 0.461 e. The Morgan fingerprint density at radius 2 is 2.15 bits per heavy atom. The van der Waals surface area contributed by atoms with Gasteiger partial charge < -0.3 is 19.3 Å². The van der Waals surface area contributed by atoms with Gasteiger partial charge in [0.05, 0.1) is 30.2 Å².